The minimum atomic E-state index is -0.468. The van der Waals surface area contributed by atoms with Gasteiger partial charge < -0.3 is 24.8 Å². The molecule has 0 saturated heterocycles. The minimum absolute atomic E-state index is 0.114. The van der Waals surface area contributed by atoms with Gasteiger partial charge in [-0.25, -0.2) is 4.79 Å². The van der Waals surface area contributed by atoms with Crippen molar-refractivity contribution in [2.24, 2.45) is 0 Å². The molecule has 1 amide bonds. The second kappa shape index (κ2) is 12.7. The zero-order chi connectivity index (χ0) is 24.3. The highest BCUT2D eigenvalue weighted by Crippen LogP contribution is 2.36. The van der Waals surface area contributed by atoms with Crippen LogP contribution in [-0.4, -0.2) is 37.3 Å². The SMILES string of the molecule is CCOC(=O)c1c(-c2ccc(OC)cc2)csc1NC(=S)NC(=O)CCCOc1ccccc1. The Morgan fingerprint density at radius 1 is 1.03 bits per heavy atom. The highest BCUT2D eigenvalue weighted by Gasteiger charge is 2.22. The first-order valence-corrected chi connectivity index (χ1v) is 12.0. The van der Waals surface area contributed by atoms with E-state index in [1.165, 1.54) is 11.3 Å². The molecule has 1 heterocycles. The van der Waals surface area contributed by atoms with Crippen LogP contribution in [0, 0.1) is 0 Å². The van der Waals surface area contributed by atoms with Crippen molar-refractivity contribution >= 4 is 45.5 Å². The van der Waals surface area contributed by atoms with Gasteiger partial charge in [0.05, 0.1) is 20.3 Å². The number of nitrogens with one attached hydrogen (secondary N) is 2. The number of amides is 1. The number of methoxy groups -OCH3 is 1. The van der Waals surface area contributed by atoms with Gasteiger partial charge in [0, 0.05) is 17.4 Å². The molecule has 0 atom stereocenters. The summed E-state index contributed by atoms with van der Waals surface area (Å²) in [6.45, 7) is 2.40. The van der Waals surface area contributed by atoms with E-state index < -0.39 is 5.97 Å². The molecule has 2 aromatic carbocycles. The molecule has 0 aliphatic rings. The number of thiocarbonyl (C=S) groups is 1. The fourth-order valence-corrected chi connectivity index (χ4v) is 4.34. The Morgan fingerprint density at radius 2 is 1.76 bits per heavy atom. The highest BCUT2D eigenvalue weighted by molar-refractivity contribution is 7.80. The Balaban J connectivity index is 1.60. The zero-order valence-electron chi connectivity index (χ0n) is 19.0. The van der Waals surface area contributed by atoms with Gasteiger partial charge in [-0.15, -0.1) is 11.3 Å². The molecule has 0 fully saturated rings. The number of para-hydroxylation sites is 1. The maximum absolute atomic E-state index is 12.7. The molecule has 9 heteroatoms. The number of ether oxygens (including phenoxy) is 3. The smallest absolute Gasteiger partial charge is 0.341 e. The number of hydrogen-bond acceptors (Lipinski definition) is 7. The standard InChI is InChI=1S/C25H26N2O5S2/c1-3-31-24(29)22-20(17-11-13-18(30-2)14-12-17)16-34-23(22)27-25(33)26-21(28)10-7-15-32-19-8-5-4-6-9-19/h4-6,8-9,11-14,16H,3,7,10,15H2,1-2H3,(H2,26,27,28,33). The second-order valence-corrected chi connectivity index (χ2v) is 8.36. The van der Waals surface area contributed by atoms with Crippen LogP contribution in [0.1, 0.15) is 30.1 Å². The molecular formula is C25H26N2O5S2. The third-order valence-corrected chi connectivity index (χ3v) is 5.81. The summed E-state index contributed by atoms with van der Waals surface area (Å²) in [4.78, 5) is 25.0. The van der Waals surface area contributed by atoms with E-state index in [1.54, 1.807) is 14.0 Å². The number of hydrogen-bond donors (Lipinski definition) is 2. The first kappa shape index (κ1) is 25.2. The number of benzene rings is 2. The van der Waals surface area contributed by atoms with E-state index in [2.05, 4.69) is 10.6 Å². The van der Waals surface area contributed by atoms with Crippen LogP contribution in [0.25, 0.3) is 11.1 Å². The van der Waals surface area contributed by atoms with Crippen LogP contribution in [0.5, 0.6) is 11.5 Å². The number of anilines is 1. The van der Waals surface area contributed by atoms with Crippen LogP contribution in [0.3, 0.4) is 0 Å². The van der Waals surface area contributed by atoms with Crippen molar-refractivity contribution in [3.05, 3.63) is 65.5 Å². The van der Waals surface area contributed by atoms with Crippen molar-refractivity contribution in [2.45, 2.75) is 19.8 Å². The summed E-state index contributed by atoms with van der Waals surface area (Å²) in [6, 6.07) is 16.8. The fourth-order valence-electron chi connectivity index (χ4n) is 3.10. The molecule has 0 aliphatic carbocycles. The quantitative estimate of drug-likeness (QED) is 0.224. The molecule has 0 unspecified atom stereocenters. The van der Waals surface area contributed by atoms with Crippen molar-refractivity contribution in [2.75, 3.05) is 25.6 Å². The van der Waals surface area contributed by atoms with Crippen LogP contribution in [0.4, 0.5) is 5.00 Å². The van der Waals surface area contributed by atoms with Crippen LogP contribution in [0.15, 0.2) is 60.0 Å². The summed E-state index contributed by atoms with van der Waals surface area (Å²) in [6.07, 6.45) is 0.791. The molecule has 0 radical (unpaired) electrons. The van der Waals surface area contributed by atoms with Crippen molar-refractivity contribution in [3.8, 4) is 22.6 Å². The van der Waals surface area contributed by atoms with Gasteiger partial charge in [-0.3, -0.25) is 4.79 Å². The molecule has 2 N–H and O–H groups in total. The monoisotopic (exact) mass is 498 g/mol. The third kappa shape index (κ3) is 7.03. The summed E-state index contributed by atoms with van der Waals surface area (Å²) >= 11 is 6.61. The van der Waals surface area contributed by atoms with Gasteiger partial charge in [0.25, 0.3) is 0 Å². The largest absolute Gasteiger partial charge is 0.497 e. The van der Waals surface area contributed by atoms with E-state index in [9.17, 15) is 9.59 Å². The maximum atomic E-state index is 12.7. The highest BCUT2D eigenvalue weighted by atomic mass is 32.1. The summed E-state index contributed by atoms with van der Waals surface area (Å²) in [7, 11) is 1.59. The predicted molar refractivity (Wildman–Crippen MR) is 138 cm³/mol. The lowest BCUT2D eigenvalue weighted by molar-refractivity contribution is -0.119. The molecule has 3 aromatic rings. The molecule has 0 bridgehead atoms. The molecule has 7 nitrogen and oxygen atoms in total. The molecular weight excluding hydrogens is 472 g/mol. The van der Waals surface area contributed by atoms with E-state index in [0.717, 1.165) is 11.3 Å². The van der Waals surface area contributed by atoms with Crippen LogP contribution in [0.2, 0.25) is 0 Å². The van der Waals surface area contributed by atoms with Gasteiger partial charge >= 0.3 is 5.97 Å². The molecule has 0 spiro atoms. The summed E-state index contributed by atoms with van der Waals surface area (Å²) in [5.41, 5.74) is 1.91. The van der Waals surface area contributed by atoms with Crippen molar-refractivity contribution in [3.63, 3.8) is 0 Å². The van der Waals surface area contributed by atoms with E-state index in [1.807, 2.05) is 60.0 Å². The topological polar surface area (TPSA) is 85.9 Å². The van der Waals surface area contributed by atoms with E-state index >= 15 is 0 Å². The van der Waals surface area contributed by atoms with Crippen molar-refractivity contribution in [1.82, 2.24) is 5.32 Å². The van der Waals surface area contributed by atoms with Crippen molar-refractivity contribution < 1.29 is 23.8 Å². The Kier molecular flexibility index (Phi) is 9.42. The average molecular weight is 499 g/mol. The number of thiophene rings is 1. The third-order valence-electron chi connectivity index (χ3n) is 4.71. The van der Waals surface area contributed by atoms with Gasteiger partial charge in [0.15, 0.2) is 5.11 Å². The molecule has 178 valence electrons. The molecule has 3 rings (SSSR count). The Morgan fingerprint density at radius 3 is 2.44 bits per heavy atom. The summed E-state index contributed by atoms with van der Waals surface area (Å²) in [5, 5.41) is 8.09. The fraction of sp³-hybridized carbons (Fsp3) is 0.240. The van der Waals surface area contributed by atoms with E-state index in [-0.39, 0.29) is 24.0 Å². The van der Waals surface area contributed by atoms with E-state index in [0.29, 0.717) is 34.9 Å². The number of carbonyl (C=O) groups is 2. The second-order valence-electron chi connectivity index (χ2n) is 7.07. The van der Waals surface area contributed by atoms with Gasteiger partial charge in [-0.1, -0.05) is 30.3 Å². The first-order valence-electron chi connectivity index (χ1n) is 10.7. The van der Waals surface area contributed by atoms with Crippen molar-refractivity contribution in [1.29, 1.82) is 0 Å². The molecule has 34 heavy (non-hydrogen) atoms. The van der Waals surface area contributed by atoms with Gasteiger partial charge in [-0.05, 0) is 55.4 Å². The predicted octanol–water partition coefficient (Wildman–Crippen LogP) is 5.27. The first-order chi connectivity index (χ1) is 16.5. The Bertz CT molecular complexity index is 1110. The number of esters is 1. The van der Waals surface area contributed by atoms with E-state index in [4.69, 9.17) is 26.4 Å². The minimum Gasteiger partial charge on any atom is -0.497 e. The van der Waals surface area contributed by atoms with Crippen LogP contribution < -0.4 is 20.1 Å². The Hall–Kier alpha value is -3.43. The van der Waals surface area contributed by atoms with Gasteiger partial charge in [-0.2, -0.15) is 0 Å². The van der Waals surface area contributed by atoms with Gasteiger partial charge in [0.1, 0.15) is 22.1 Å². The van der Waals surface area contributed by atoms with Crippen LogP contribution in [-0.2, 0) is 9.53 Å². The average Bonchev–Trinajstić information content (AvgIpc) is 3.26. The normalized spacial score (nSPS) is 10.3. The van der Waals surface area contributed by atoms with Crippen LogP contribution >= 0.6 is 23.6 Å². The number of carbonyl (C=O) groups excluding carboxylic acids is 2. The Labute approximate surface area is 208 Å². The zero-order valence-corrected chi connectivity index (χ0v) is 20.6. The lowest BCUT2D eigenvalue weighted by Crippen LogP contribution is -2.34. The lowest BCUT2D eigenvalue weighted by Gasteiger charge is -2.11. The maximum Gasteiger partial charge on any atom is 0.341 e. The molecule has 0 saturated carbocycles. The lowest BCUT2D eigenvalue weighted by atomic mass is 10.0. The summed E-state index contributed by atoms with van der Waals surface area (Å²) in [5.74, 6) is 0.771. The molecule has 0 aliphatic heterocycles. The number of rotatable bonds is 10. The van der Waals surface area contributed by atoms with Gasteiger partial charge in [0.2, 0.25) is 5.91 Å². The summed E-state index contributed by atoms with van der Waals surface area (Å²) < 4.78 is 16.1. The molecule has 1 aromatic heterocycles.